The molecule has 0 heterocycles. The lowest BCUT2D eigenvalue weighted by atomic mass is 9.88. The molecule has 1 unspecified atom stereocenters. The van der Waals surface area contributed by atoms with Crippen molar-refractivity contribution in [2.75, 3.05) is 0 Å². The predicted octanol–water partition coefficient (Wildman–Crippen LogP) is 1.78. The van der Waals surface area contributed by atoms with Gasteiger partial charge in [0.2, 0.25) is 0 Å². The second-order valence-corrected chi connectivity index (χ2v) is 3.57. The molecule has 0 radical (unpaired) electrons. The first-order valence-corrected chi connectivity index (χ1v) is 4.59. The SMILES string of the molecule is CC(=O)CC([O-])(c1ccccc1)C(F)(F)F. The van der Waals surface area contributed by atoms with Gasteiger partial charge >= 0.3 is 6.18 Å². The van der Waals surface area contributed by atoms with Crippen LogP contribution in [0.1, 0.15) is 18.9 Å². The Morgan fingerprint density at radius 1 is 1.25 bits per heavy atom. The van der Waals surface area contributed by atoms with Crippen LogP contribution in [0.15, 0.2) is 30.3 Å². The van der Waals surface area contributed by atoms with Gasteiger partial charge in [-0.3, -0.25) is 0 Å². The molecular formula is C11H10F3O2-. The maximum atomic E-state index is 12.7. The van der Waals surface area contributed by atoms with Crippen LogP contribution < -0.4 is 5.11 Å². The van der Waals surface area contributed by atoms with Gasteiger partial charge in [-0.25, -0.2) is 0 Å². The number of benzene rings is 1. The number of carbonyl (C=O) groups excluding carboxylic acids is 1. The number of alkyl halides is 3. The third kappa shape index (κ3) is 2.41. The normalized spacial score (nSPS) is 15.6. The van der Waals surface area contributed by atoms with Crippen LogP contribution in [0, 0.1) is 0 Å². The van der Waals surface area contributed by atoms with Crippen molar-refractivity contribution < 1.29 is 23.1 Å². The molecule has 0 aliphatic heterocycles. The van der Waals surface area contributed by atoms with Gasteiger partial charge in [0.05, 0.1) is 0 Å². The lowest BCUT2D eigenvalue weighted by molar-refractivity contribution is -0.549. The zero-order valence-electron chi connectivity index (χ0n) is 8.54. The number of hydrogen-bond acceptors (Lipinski definition) is 2. The Kier molecular flexibility index (Phi) is 3.38. The molecule has 2 nitrogen and oxygen atoms in total. The van der Waals surface area contributed by atoms with Gasteiger partial charge in [-0.05, 0) is 12.5 Å². The minimum absolute atomic E-state index is 0.433. The molecule has 1 rings (SSSR count). The van der Waals surface area contributed by atoms with E-state index in [0.29, 0.717) is 0 Å². The van der Waals surface area contributed by atoms with E-state index in [-0.39, 0.29) is 0 Å². The van der Waals surface area contributed by atoms with Crippen molar-refractivity contribution in [1.29, 1.82) is 0 Å². The molecule has 1 aromatic carbocycles. The fourth-order valence-corrected chi connectivity index (χ4v) is 1.42. The number of carbonyl (C=O) groups is 1. The summed E-state index contributed by atoms with van der Waals surface area (Å²) in [5.41, 5.74) is -3.78. The quantitative estimate of drug-likeness (QED) is 0.795. The highest BCUT2D eigenvalue weighted by Gasteiger charge is 2.46. The molecular weight excluding hydrogens is 221 g/mol. The molecule has 0 aromatic heterocycles. The second kappa shape index (κ2) is 4.25. The predicted molar refractivity (Wildman–Crippen MR) is 49.5 cm³/mol. The van der Waals surface area contributed by atoms with E-state index < -0.39 is 29.5 Å². The third-order valence-electron chi connectivity index (χ3n) is 2.20. The molecule has 0 amide bonds. The molecule has 0 spiro atoms. The van der Waals surface area contributed by atoms with Crippen molar-refractivity contribution in [1.82, 2.24) is 0 Å². The van der Waals surface area contributed by atoms with Crippen molar-refractivity contribution in [3.05, 3.63) is 35.9 Å². The van der Waals surface area contributed by atoms with Gasteiger partial charge in [-0.2, -0.15) is 13.2 Å². The summed E-state index contributed by atoms with van der Waals surface area (Å²) in [6, 6.07) is 6.36. The Balaban J connectivity index is 3.21. The molecule has 0 aliphatic rings. The lowest BCUT2D eigenvalue weighted by Gasteiger charge is -2.41. The van der Waals surface area contributed by atoms with Crippen LogP contribution in [-0.4, -0.2) is 12.0 Å². The summed E-state index contributed by atoms with van der Waals surface area (Å²) >= 11 is 0. The van der Waals surface area contributed by atoms with Crippen LogP contribution in [0.2, 0.25) is 0 Å². The van der Waals surface area contributed by atoms with Crippen LogP contribution in [0.25, 0.3) is 0 Å². The van der Waals surface area contributed by atoms with Gasteiger partial charge in [0, 0.05) is 12.0 Å². The number of ketones is 1. The van der Waals surface area contributed by atoms with Crippen molar-refractivity contribution in [2.24, 2.45) is 0 Å². The molecule has 88 valence electrons. The Bertz CT molecular complexity index is 373. The van der Waals surface area contributed by atoms with E-state index in [1.807, 2.05) is 0 Å². The molecule has 0 N–H and O–H groups in total. The van der Waals surface area contributed by atoms with Crippen LogP contribution in [0.4, 0.5) is 13.2 Å². The minimum Gasteiger partial charge on any atom is -0.839 e. The molecule has 0 saturated carbocycles. The number of rotatable bonds is 3. The molecule has 1 atom stereocenters. The first-order valence-electron chi connectivity index (χ1n) is 4.59. The average molecular weight is 231 g/mol. The highest BCUT2D eigenvalue weighted by Crippen LogP contribution is 2.38. The highest BCUT2D eigenvalue weighted by atomic mass is 19.4. The summed E-state index contributed by atoms with van der Waals surface area (Å²) in [7, 11) is 0. The molecule has 0 saturated heterocycles. The van der Waals surface area contributed by atoms with Crippen LogP contribution >= 0.6 is 0 Å². The van der Waals surface area contributed by atoms with E-state index in [2.05, 4.69) is 0 Å². The summed E-state index contributed by atoms with van der Waals surface area (Å²) in [5.74, 6) is -0.781. The highest BCUT2D eigenvalue weighted by molar-refractivity contribution is 5.77. The first-order chi connectivity index (χ1) is 7.27. The molecule has 1 aromatic rings. The topological polar surface area (TPSA) is 40.1 Å². The largest absolute Gasteiger partial charge is 0.839 e. The van der Waals surface area contributed by atoms with Crippen LogP contribution in [-0.2, 0) is 10.4 Å². The Hall–Kier alpha value is -1.36. The summed E-state index contributed by atoms with van der Waals surface area (Å²) in [6.07, 6.45) is -6.07. The smallest absolute Gasteiger partial charge is 0.384 e. The van der Waals surface area contributed by atoms with Gasteiger partial charge in [-0.15, -0.1) is 0 Å². The van der Waals surface area contributed by atoms with Gasteiger partial charge in [0.1, 0.15) is 5.78 Å². The summed E-state index contributed by atoms with van der Waals surface area (Å²) in [5, 5.41) is 11.8. The third-order valence-corrected chi connectivity index (χ3v) is 2.20. The summed E-state index contributed by atoms with van der Waals surface area (Å²) in [6.45, 7) is 0.974. The summed E-state index contributed by atoms with van der Waals surface area (Å²) in [4.78, 5) is 10.8. The van der Waals surface area contributed by atoms with Crippen molar-refractivity contribution in [3.63, 3.8) is 0 Å². The molecule has 0 bridgehead atoms. The van der Waals surface area contributed by atoms with E-state index in [1.165, 1.54) is 18.2 Å². The zero-order chi connectivity index (χ0) is 12.4. The Labute approximate surface area is 90.7 Å². The number of halogens is 3. The fraction of sp³-hybridized carbons (Fsp3) is 0.364. The second-order valence-electron chi connectivity index (χ2n) is 3.57. The maximum Gasteiger partial charge on any atom is 0.384 e. The Morgan fingerprint density at radius 2 is 1.75 bits per heavy atom. The number of hydrogen-bond donors (Lipinski definition) is 0. The molecule has 0 fully saturated rings. The Morgan fingerprint density at radius 3 is 2.12 bits per heavy atom. The summed E-state index contributed by atoms with van der Waals surface area (Å²) < 4.78 is 38.1. The minimum atomic E-state index is -4.99. The van der Waals surface area contributed by atoms with E-state index in [0.717, 1.165) is 19.1 Å². The fourth-order valence-electron chi connectivity index (χ4n) is 1.42. The monoisotopic (exact) mass is 231 g/mol. The standard InChI is InChI=1S/C11H10F3O2/c1-8(15)7-10(16,11(12,13)14)9-5-3-2-4-6-9/h2-6H,7H2,1H3/q-1. The van der Waals surface area contributed by atoms with E-state index in [4.69, 9.17) is 0 Å². The van der Waals surface area contributed by atoms with E-state index >= 15 is 0 Å². The molecule has 0 aliphatic carbocycles. The maximum absolute atomic E-state index is 12.7. The van der Waals surface area contributed by atoms with Crippen molar-refractivity contribution in [3.8, 4) is 0 Å². The van der Waals surface area contributed by atoms with Crippen LogP contribution in [0.3, 0.4) is 0 Å². The van der Waals surface area contributed by atoms with Crippen molar-refractivity contribution >= 4 is 5.78 Å². The van der Waals surface area contributed by atoms with E-state index in [9.17, 15) is 23.1 Å². The van der Waals surface area contributed by atoms with Crippen molar-refractivity contribution in [2.45, 2.75) is 25.1 Å². The van der Waals surface area contributed by atoms with Gasteiger partial charge in [0.15, 0.2) is 0 Å². The zero-order valence-corrected chi connectivity index (χ0v) is 8.54. The molecule has 5 heteroatoms. The van der Waals surface area contributed by atoms with Gasteiger partial charge in [-0.1, -0.05) is 30.3 Å². The van der Waals surface area contributed by atoms with Gasteiger partial charge < -0.3 is 9.90 Å². The average Bonchev–Trinajstić information content (AvgIpc) is 2.16. The molecule has 16 heavy (non-hydrogen) atoms. The lowest BCUT2D eigenvalue weighted by Crippen LogP contribution is -2.54. The van der Waals surface area contributed by atoms with Gasteiger partial charge in [0.25, 0.3) is 0 Å². The first kappa shape index (κ1) is 12.7. The van der Waals surface area contributed by atoms with Crippen LogP contribution in [0.5, 0.6) is 0 Å². The number of Topliss-reactive ketones (excluding diaryl/α,β-unsaturated/α-hetero) is 1. The van der Waals surface area contributed by atoms with E-state index in [1.54, 1.807) is 0 Å².